The van der Waals surface area contributed by atoms with E-state index >= 15 is 0 Å². The average molecular weight is 308 g/mol. The quantitative estimate of drug-likeness (QED) is 0.753. The molecule has 0 spiro atoms. The summed E-state index contributed by atoms with van der Waals surface area (Å²) in [6.07, 6.45) is 3.10. The van der Waals surface area contributed by atoms with Gasteiger partial charge in [-0.05, 0) is 61.5 Å². The van der Waals surface area contributed by atoms with Crippen LogP contribution in [0.25, 0.3) is 0 Å². The topological polar surface area (TPSA) is 20.3 Å². The first-order valence-corrected chi connectivity index (χ1v) is 8.25. The molecule has 1 fully saturated rings. The highest BCUT2D eigenvalue weighted by Crippen LogP contribution is 2.34. The largest absolute Gasteiger partial charge is 0.303 e. The summed E-state index contributed by atoms with van der Waals surface area (Å²) < 4.78 is 0. The number of hydrogen-bond acceptors (Lipinski definition) is 2. The second-order valence-electron chi connectivity index (χ2n) is 7.16. The second kappa shape index (κ2) is 6.93. The van der Waals surface area contributed by atoms with Crippen molar-refractivity contribution in [1.29, 1.82) is 0 Å². The van der Waals surface area contributed by atoms with E-state index in [0.717, 1.165) is 31.1 Å². The lowest BCUT2D eigenvalue weighted by atomic mass is 9.75. The molecule has 0 atom stereocenters. The van der Waals surface area contributed by atoms with Crippen LogP contribution in [0.5, 0.6) is 0 Å². The standard InChI is InChI=1S/C18H26ClNO/c1-18(2,3)15-8-11-20(12-9-15)13-10-17(21)14-4-6-16(19)7-5-14/h4-7,15H,8-13H2,1-3H3. The van der Waals surface area contributed by atoms with Gasteiger partial charge in [-0.2, -0.15) is 0 Å². The van der Waals surface area contributed by atoms with Crippen molar-refractivity contribution in [3.8, 4) is 0 Å². The third kappa shape index (κ3) is 4.82. The Morgan fingerprint density at radius 2 is 1.76 bits per heavy atom. The Labute approximate surface area is 133 Å². The number of rotatable bonds is 4. The predicted octanol–water partition coefficient (Wildman–Crippen LogP) is 4.67. The number of halogens is 1. The van der Waals surface area contributed by atoms with Crippen molar-refractivity contribution < 1.29 is 4.79 Å². The number of carbonyl (C=O) groups excluding carboxylic acids is 1. The maximum Gasteiger partial charge on any atom is 0.164 e. The molecule has 0 aromatic heterocycles. The van der Waals surface area contributed by atoms with Crippen molar-refractivity contribution in [1.82, 2.24) is 4.90 Å². The van der Waals surface area contributed by atoms with Gasteiger partial charge in [-0.3, -0.25) is 4.79 Å². The van der Waals surface area contributed by atoms with Crippen LogP contribution in [0.3, 0.4) is 0 Å². The van der Waals surface area contributed by atoms with E-state index in [1.165, 1.54) is 12.8 Å². The lowest BCUT2D eigenvalue weighted by Crippen LogP contribution is -2.38. The Hall–Kier alpha value is -0.860. The number of Topliss-reactive ketones (excluding diaryl/α,β-unsaturated/α-hetero) is 1. The molecule has 3 heteroatoms. The van der Waals surface area contributed by atoms with E-state index in [1.54, 1.807) is 12.1 Å². The molecular formula is C18H26ClNO. The maximum absolute atomic E-state index is 12.2. The van der Waals surface area contributed by atoms with Crippen molar-refractivity contribution in [3.63, 3.8) is 0 Å². The third-order valence-electron chi connectivity index (χ3n) is 4.63. The summed E-state index contributed by atoms with van der Waals surface area (Å²) >= 11 is 5.85. The molecule has 0 bridgehead atoms. The molecule has 21 heavy (non-hydrogen) atoms. The molecule has 2 nitrogen and oxygen atoms in total. The van der Waals surface area contributed by atoms with Gasteiger partial charge < -0.3 is 4.90 Å². The smallest absolute Gasteiger partial charge is 0.164 e. The number of ketones is 1. The van der Waals surface area contributed by atoms with Crippen molar-refractivity contribution in [2.24, 2.45) is 11.3 Å². The zero-order valence-corrected chi connectivity index (χ0v) is 14.1. The fourth-order valence-electron chi connectivity index (χ4n) is 3.06. The Morgan fingerprint density at radius 3 is 2.29 bits per heavy atom. The van der Waals surface area contributed by atoms with Crippen molar-refractivity contribution in [3.05, 3.63) is 34.9 Å². The first-order valence-electron chi connectivity index (χ1n) is 7.87. The van der Waals surface area contributed by atoms with Crippen LogP contribution in [0.4, 0.5) is 0 Å². The zero-order valence-electron chi connectivity index (χ0n) is 13.4. The molecule has 0 amide bonds. The van der Waals surface area contributed by atoms with E-state index in [9.17, 15) is 4.79 Å². The Balaban J connectivity index is 1.77. The molecule has 2 rings (SSSR count). The summed E-state index contributed by atoms with van der Waals surface area (Å²) in [6.45, 7) is 10.1. The maximum atomic E-state index is 12.2. The van der Waals surface area contributed by atoms with Gasteiger partial charge in [0.1, 0.15) is 0 Å². The summed E-state index contributed by atoms with van der Waals surface area (Å²) in [6, 6.07) is 7.19. The molecule has 0 N–H and O–H groups in total. The Kier molecular flexibility index (Phi) is 5.45. The van der Waals surface area contributed by atoms with E-state index < -0.39 is 0 Å². The SMILES string of the molecule is CC(C)(C)C1CCN(CCC(=O)c2ccc(Cl)cc2)CC1. The average Bonchev–Trinajstić information content (AvgIpc) is 2.45. The predicted molar refractivity (Wildman–Crippen MR) is 89.0 cm³/mol. The van der Waals surface area contributed by atoms with Crippen LogP contribution < -0.4 is 0 Å². The number of piperidine rings is 1. The van der Waals surface area contributed by atoms with E-state index in [0.29, 0.717) is 16.9 Å². The van der Waals surface area contributed by atoms with Crippen LogP contribution in [-0.2, 0) is 0 Å². The van der Waals surface area contributed by atoms with Gasteiger partial charge in [0.2, 0.25) is 0 Å². The monoisotopic (exact) mass is 307 g/mol. The summed E-state index contributed by atoms with van der Waals surface area (Å²) in [5, 5.41) is 0.677. The van der Waals surface area contributed by atoms with Gasteiger partial charge in [0.05, 0.1) is 0 Å². The molecule has 1 aromatic carbocycles. The van der Waals surface area contributed by atoms with Crippen LogP contribution >= 0.6 is 11.6 Å². The summed E-state index contributed by atoms with van der Waals surface area (Å²) in [5.41, 5.74) is 1.18. The molecule has 1 saturated heterocycles. The van der Waals surface area contributed by atoms with Crippen molar-refractivity contribution in [2.45, 2.75) is 40.0 Å². The lowest BCUT2D eigenvalue weighted by Gasteiger charge is -2.38. The van der Waals surface area contributed by atoms with Gasteiger partial charge in [-0.25, -0.2) is 0 Å². The fourth-order valence-corrected chi connectivity index (χ4v) is 3.19. The molecule has 1 aromatic rings. The van der Waals surface area contributed by atoms with Gasteiger partial charge in [0.15, 0.2) is 5.78 Å². The third-order valence-corrected chi connectivity index (χ3v) is 4.89. The summed E-state index contributed by atoms with van der Waals surface area (Å²) in [7, 11) is 0. The van der Waals surface area contributed by atoms with Crippen molar-refractivity contribution in [2.75, 3.05) is 19.6 Å². The molecule has 0 aliphatic carbocycles. The van der Waals surface area contributed by atoms with Crippen molar-refractivity contribution >= 4 is 17.4 Å². The summed E-state index contributed by atoms with van der Waals surface area (Å²) in [4.78, 5) is 14.6. The van der Waals surface area contributed by atoms with Gasteiger partial charge in [-0.1, -0.05) is 32.4 Å². The highest BCUT2D eigenvalue weighted by atomic mass is 35.5. The van der Waals surface area contributed by atoms with E-state index in [1.807, 2.05) is 12.1 Å². The minimum Gasteiger partial charge on any atom is -0.303 e. The van der Waals surface area contributed by atoms with Crippen LogP contribution in [0.15, 0.2) is 24.3 Å². The molecule has 116 valence electrons. The highest BCUT2D eigenvalue weighted by Gasteiger charge is 2.28. The first-order chi connectivity index (χ1) is 9.86. The van der Waals surface area contributed by atoms with Gasteiger partial charge in [-0.15, -0.1) is 0 Å². The molecule has 1 heterocycles. The minimum atomic E-state index is 0.213. The second-order valence-corrected chi connectivity index (χ2v) is 7.60. The molecule has 1 aliphatic rings. The number of nitrogens with zero attached hydrogens (tertiary/aromatic N) is 1. The number of benzene rings is 1. The van der Waals surface area contributed by atoms with Crippen LogP contribution in [0.2, 0.25) is 5.02 Å². The molecular weight excluding hydrogens is 282 g/mol. The summed E-state index contributed by atoms with van der Waals surface area (Å²) in [5.74, 6) is 1.02. The minimum absolute atomic E-state index is 0.213. The molecule has 1 aliphatic heterocycles. The zero-order chi connectivity index (χ0) is 15.5. The van der Waals surface area contributed by atoms with Gasteiger partial charge >= 0.3 is 0 Å². The molecule has 0 unspecified atom stereocenters. The van der Waals surface area contributed by atoms with Crippen LogP contribution in [-0.4, -0.2) is 30.3 Å². The van der Waals surface area contributed by atoms with E-state index in [2.05, 4.69) is 25.7 Å². The molecule has 0 saturated carbocycles. The van der Waals surface area contributed by atoms with E-state index in [4.69, 9.17) is 11.6 Å². The molecule has 0 radical (unpaired) electrons. The van der Waals surface area contributed by atoms with Crippen LogP contribution in [0, 0.1) is 11.3 Å². The highest BCUT2D eigenvalue weighted by molar-refractivity contribution is 6.30. The number of hydrogen-bond donors (Lipinski definition) is 0. The number of carbonyl (C=O) groups is 1. The number of likely N-dealkylation sites (tertiary alicyclic amines) is 1. The Bertz CT molecular complexity index is 467. The normalized spacial score (nSPS) is 17.9. The Morgan fingerprint density at radius 1 is 1.19 bits per heavy atom. The fraction of sp³-hybridized carbons (Fsp3) is 0.611. The van der Waals surface area contributed by atoms with E-state index in [-0.39, 0.29) is 5.78 Å². The first kappa shape index (κ1) is 16.5. The van der Waals surface area contributed by atoms with Crippen LogP contribution in [0.1, 0.15) is 50.4 Å². The lowest BCUT2D eigenvalue weighted by molar-refractivity contribution is 0.0902. The van der Waals surface area contributed by atoms with Gasteiger partial charge in [0.25, 0.3) is 0 Å². The van der Waals surface area contributed by atoms with Gasteiger partial charge in [0, 0.05) is 23.6 Å².